The molecule has 1 N–H and O–H groups in total. The maximum atomic E-state index is 12.7. The van der Waals surface area contributed by atoms with Crippen LogP contribution in [0, 0.1) is 11.8 Å². The molecule has 7 nitrogen and oxygen atoms in total. The highest BCUT2D eigenvalue weighted by molar-refractivity contribution is 5.93. The summed E-state index contributed by atoms with van der Waals surface area (Å²) in [6.07, 6.45) is 6.72. The molecule has 128 valence electrons. The fraction of sp³-hybridized carbons (Fsp3) is 0.529. The molecular weight excluding hydrogens is 306 g/mol. The summed E-state index contributed by atoms with van der Waals surface area (Å²) >= 11 is 0. The molecule has 2 atom stereocenters. The van der Waals surface area contributed by atoms with Crippen molar-refractivity contribution < 1.29 is 9.53 Å². The molecule has 0 saturated carbocycles. The summed E-state index contributed by atoms with van der Waals surface area (Å²) in [6, 6.07) is 1.86. The number of pyridine rings is 1. The van der Waals surface area contributed by atoms with E-state index in [-0.39, 0.29) is 17.9 Å². The van der Waals surface area contributed by atoms with Gasteiger partial charge in [0.15, 0.2) is 5.82 Å². The van der Waals surface area contributed by atoms with Crippen molar-refractivity contribution in [1.29, 1.82) is 0 Å². The lowest BCUT2D eigenvalue weighted by molar-refractivity contribution is -0.131. The van der Waals surface area contributed by atoms with Crippen molar-refractivity contribution in [3.8, 4) is 11.4 Å². The SMILES string of the molecule is CC(C)C1OCCCC1C(=O)Nc1cncc(-c2nncn2C)c1. The number of nitrogens with zero attached hydrogens (tertiary/aromatic N) is 4. The van der Waals surface area contributed by atoms with Gasteiger partial charge in [-0.2, -0.15) is 0 Å². The smallest absolute Gasteiger partial charge is 0.230 e. The Labute approximate surface area is 141 Å². The highest BCUT2D eigenvalue weighted by Gasteiger charge is 2.33. The monoisotopic (exact) mass is 329 g/mol. The van der Waals surface area contributed by atoms with Gasteiger partial charge in [0.1, 0.15) is 6.33 Å². The van der Waals surface area contributed by atoms with Crippen LogP contribution >= 0.6 is 0 Å². The van der Waals surface area contributed by atoms with Gasteiger partial charge < -0.3 is 14.6 Å². The third kappa shape index (κ3) is 3.46. The lowest BCUT2D eigenvalue weighted by Crippen LogP contribution is -2.41. The van der Waals surface area contributed by atoms with Gasteiger partial charge in [-0.1, -0.05) is 13.8 Å². The second-order valence-electron chi connectivity index (χ2n) is 6.55. The lowest BCUT2D eigenvalue weighted by Gasteiger charge is -2.33. The summed E-state index contributed by atoms with van der Waals surface area (Å²) in [5.74, 6) is 0.881. The first kappa shape index (κ1) is 16.6. The third-order valence-corrected chi connectivity index (χ3v) is 4.34. The van der Waals surface area contributed by atoms with Crippen LogP contribution in [0.25, 0.3) is 11.4 Å². The van der Waals surface area contributed by atoms with E-state index in [4.69, 9.17) is 4.74 Å². The van der Waals surface area contributed by atoms with Gasteiger partial charge in [-0.05, 0) is 24.8 Å². The Hall–Kier alpha value is -2.28. The predicted molar refractivity (Wildman–Crippen MR) is 90.2 cm³/mol. The second kappa shape index (κ2) is 7.09. The number of carbonyl (C=O) groups is 1. The van der Waals surface area contributed by atoms with Crippen molar-refractivity contribution >= 4 is 11.6 Å². The summed E-state index contributed by atoms with van der Waals surface area (Å²) in [5, 5.41) is 10.9. The third-order valence-electron chi connectivity index (χ3n) is 4.34. The van der Waals surface area contributed by atoms with Crippen LogP contribution in [0.15, 0.2) is 24.8 Å². The quantitative estimate of drug-likeness (QED) is 0.930. The number of hydrogen-bond donors (Lipinski definition) is 1. The Bertz CT molecular complexity index is 713. The Morgan fingerprint density at radius 2 is 2.25 bits per heavy atom. The highest BCUT2D eigenvalue weighted by Crippen LogP contribution is 2.28. The first-order valence-electron chi connectivity index (χ1n) is 8.28. The molecule has 2 unspecified atom stereocenters. The van der Waals surface area contributed by atoms with Crippen LogP contribution in [0.4, 0.5) is 5.69 Å². The maximum Gasteiger partial charge on any atom is 0.230 e. The molecule has 2 aromatic heterocycles. The van der Waals surface area contributed by atoms with Crippen LogP contribution in [0.3, 0.4) is 0 Å². The van der Waals surface area contributed by atoms with Crippen molar-refractivity contribution in [3.63, 3.8) is 0 Å². The Morgan fingerprint density at radius 1 is 1.42 bits per heavy atom. The van der Waals surface area contributed by atoms with E-state index in [2.05, 4.69) is 34.3 Å². The van der Waals surface area contributed by atoms with Gasteiger partial charge >= 0.3 is 0 Å². The number of aromatic nitrogens is 4. The van der Waals surface area contributed by atoms with E-state index in [1.807, 2.05) is 17.7 Å². The number of hydrogen-bond acceptors (Lipinski definition) is 5. The molecule has 0 bridgehead atoms. The zero-order valence-electron chi connectivity index (χ0n) is 14.3. The maximum absolute atomic E-state index is 12.7. The van der Waals surface area contributed by atoms with Crippen LogP contribution in [0.2, 0.25) is 0 Å². The van der Waals surface area contributed by atoms with Gasteiger partial charge in [0, 0.05) is 25.4 Å². The minimum absolute atomic E-state index is 0.00897. The summed E-state index contributed by atoms with van der Waals surface area (Å²) < 4.78 is 7.62. The average molecular weight is 329 g/mol. The molecule has 3 heterocycles. The fourth-order valence-electron chi connectivity index (χ4n) is 3.15. The van der Waals surface area contributed by atoms with Gasteiger partial charge in [-0.15, -0.1) is 10.2 Å². The molecule has 0 spiro atoms. The molecule has 0 radical (unpaired) electrons. The molecule has 1 fully saturated rings. The first-order chi connectivity index (χ1) is 11.6. The van der Waals surface area contributed by atoms with E-state index in [1.165, 1.54) is 0 Å². The Balaban J connectivity index is 1.76. The molecule has 1 amide bonds. The van der Waals surface area contributed by atoms with Crippen molar-refractivity contribution in [3.05, 3.63) is 24.8 Å². The van der Waals surface area contributed by atoms with E-state index in [9.17, 15) is 4.79 Å². The van der Waals surface area contributed by atoms with Crippen molar-refractivity contribution in [1.82, 2.24) is 19.7 Å². The first-order valence-corrected chi connectivity index (χ1v) is 8.28. The van der Waals surface area contributed by atoms with E-state index < -0.39 is 0 Å². The summed E-state index contributed by atoms with van der Waals surface area (Å²) in [7, 11) is 1.87. The zero-order chi connectivity index (χ0) is 17.1. The topological polar surface area (TPSA) is 81.9 Å². The van der Waals surface area contributed by atoms with Crippen LogP contribution in [0.1, 0.15) is 26.7 Å². The van der Waals surface area contributed by atoms with Crippen molar-refractivity contribution in [2.75, 3.05) is 11.9 Å². The number of amides is 1. The molecule has 7 heteroatoms. The summed E-state index contributed by atoms with van der Waals surface area (Å²) in [5.41, 5.74) is 1.47. The average Bonchev–Trinajstić information content (AvgIpc) is 3.01. The molecule has 2 aromatic rings. The number of anilines is 1. The molecule has 1 saturated heterocycles. The van der Waals surface area contributed by atoms with E-state index in [1.54, 1.807) is 18.7 Å². The standard InChI is InChI=1S/C17H23N5O2/c1-11(2)15-14(5-4-6-24-15)17(23)20-13-7-12(8-18-9-13)16-21-19-10-22(16)3/h7-11,14-15H,4-6H2,1-3H3,(H,20,23). The van der Waals surface area contributed by atoms with E-state index >= 15 is 0 Å². The van der Waals surface area contributed by atoms with E-state index in [0.717, 1.165) is 25.0 Å². The molecule has 24 heavy (non-hydrogen) atoms. The van der Waals surface area contributed by atoms with Crippen LogP contribution in [-0.2, 0) is 16.6 Å². The fourth-order valence-corrected chi connectivity index (χ4v) is 3.15. The minimum atomic E-state index is -0.128. The normalized spacial score (nSPS) is 21.0. The molecule has 3 rings (SSSR count). The van der Waals surface area contributed by atoms with Gasteiger partial charge in [0.2, 0.25) is 5.91 Å². The van der Waals surface area contributed by atoms with Gasteiger partial charge in [-0.25, -0.2) is 0 Å². The molecule has 1 aliphatic heterocycles. The Kier molecular flexibility index (Phi) is 4.89. The molecule has 1 aliphatic rings. The number of ether oxygens (including phenoxy) is 1. The lowest BCUT2D eigenvalue weighted by atomic mass is 9.87. The van der Waals surface area contributed by atoms with Gasteiger partial charge in [0.25, 0.3) is 0 Å². The predicted octanol–water partition coefficient (Wildman–Crippen LogP) is 2.27. The van der Waals surface area contributed by atoms with Crippen LogP contribution < -0.4 is 5.32 Å². The molecular formula is C17H23N5O2. The van der Waals surface area contributed by atoms with Crippen LogP contribution in [0.5, 0.6) is 0 Å². The number of carbonyl (C=O) groups excluding carboxylic acids is 1. The minimum Gasteiger partial charge on any atom is -0.377 e. The van der Waals surface area contributed by atoms with E-state index in [0.29, 0.717) is 17.4 Å². The largest absolute Gasteiger partial charge is 0.377 e. The number of nitrogens with one attached hydrogen (secondary N) is 1. The van der Waals surface area contributed by atoms with Crippen molar-refractivity contribution in [2.24, 2.45) is 18.9 Å². The van der Waals surface area contributed by atoms with Crippen molar-refractivity contribution in [2.45, 2.75) is 32.8 Å². The molecule has 0 aromatic carbocycles. The molecule has 0 aliphatic carbocycles. The summed E-state index contributed by atoms with van der Waals surface area (Å²) in [6.45, 7) is 4.91. The Morgan fingerprint density at radius 3 is 2.96 bits per heavy atom. The van der Waals surface area contributed by atoms with Crippen LogP contribution in [-0.4, -0.2) is 38.4 Å². The zero-order valence-corrected chi connectivity index (χ0v) is 14.3. The van der Waals surface area contributed by atoms with Gasteiger partial charge in [0.05, 0.1) is 23.9 Å². The number of aryl methyl sites for hydroxylation is 1. The second-order valence-corrected chi connectivity index (χ2v) is 6.55. The highest BCUT2D eigenvalue weighted by atomic mass is 16.5. The number of rotatable bonds is 4. The summed E-state index contributed by atoms with van der Waals surface area (Å²) in [4.78, 5) is 16.9. The van der Waals surface area contributed by atoms with Gasteiger partial charge in [-0.3, -0.25) is 9.78 Å².